The summed E-state index contributed by atoms with van der Waals surface area (Å²) in [6.45, 7) is -0.327. The minimum absolute atomic E-state index is 0.0817. The first-order valence-corrected chi connectivity index (χ1v) is 8.25. The van der Waals surface area contributed by atoms with Gasteiger partial charge < -0.3 is 0 Å². The molecular weight excluding hydrogens is 391 g/mol. The Morgan fingerprint density at radius 2 is 2.25 bits per heavy atom. The van der Waals surface area contributed by atoms with Gasteiger partial charge in [-0.15, -0.1) is 0 Å². The maximum atomic E-state index is 11.9. The molecule has 0 saturated carbocycles. The molecule has 6 N–H and O–H groups in total. The van der Waals surface area contributed by atoms with Crippen molar-refractivity contribution in [3.63, 3.8) is 0 Å². The monoisotopic (exact) mass is 410 g/mol. The molecule has 1 aliphatic rings. The molecule has 1 aromatic rings. The first kappa shape index (κ1) is 18.8. The van der Waals surface area contributed by atoms with E-state index in [1.54, 1.807) is 5.48 Å². The summed E-state index contributed by atoms with van der Waals surface area (Å²) in [7, 11) is 0. The summed E-state index contributed by atoms with van der Waals surface area (Å²) in [4.78, 5) is 26.9. The standard InChI is InChI=1S/C12H18N4O7Se/c13-5(4-24)11(19)22-3-6-8(17)9(18)10(23-6)16-2-1-7(15-21)14-12(16)20/h1-2,5-6,8-10,17-18,21,24H,3-4,13H2,(H,14,15,20)/t5-,6+,8+,9+,10+/m0/s1. The number of aliphatic hydroxyl groups is 2. The van der Waals surface area contributed by atoms with Gasteiger partial charge in [0, 0.05) is 0 Å². The van der Waals surface area contributed by atoms with Crippen LogP contribution in [0.3, 0.4) is 0 Å². The van der Waals surface area contributed by atoms with Crippen LogP contribution in [0, 0.1) is 0 Å². The van der Waals surface area contributed by atoms with Crippen molar-refractivity contribution in [2.45, 2.75) is 35.9 Å². The average molecular weight is 409 g/mol. The second-order valence-corrected chi connectivity index (χ2v) is 5.85. The molecule has 0 unspecified atom stereocenters. The Morgan fingerprint density at radius 1 is 1.54 bits per heavy atom. The van der Waals surface area contributed by atoms with Crippen molar-refractivity contribution in [2.24, 2.45) is 5.73 Å². The van der Waals surface area contributed by atoms with Gasteiger partial charge in [-0.05, 0) is 0 Å². The average Bonchev–Trinajstić information content (AvgIpc) is 2.86. The van der Waals surface area contributed by atoms with Crippen LogP contribution in [0.5, 0.6) is 0 Å². The van der Waals surface area contributed by atoms with E-state index in [1.165, 1.54) is 12.3 Å². The number of carbonyl (C=O) groups is 1. The van der Waals surface area contributed by atoms with Crippen LogP contribution < -0.4 is 16.9 Å². The third-order valence-corrected chi connectivity index (χ3v) is 4.27. The number of rotatable bonds is 6. The molecule has 1 aliphatic heterocycles. The Balaban J connectivity index is 2.07. The summed E-state index contributed by atoms with van der Waals surface area (Å²) in [6, 6.07) is 0.463. The van der Waals surface area contributed by atoms with Crippen LogP contribution in [0.4, 0.5) is 5.82 Å². The van der Waals surface area contributed by atoms with Crippen molar-refractivity contribution in [1.82, 2.24) is 9.55 Å². The summed E-state index contributed by atoms with van der Waals surface area (Å²) in [6.07, 6.45) is -3.83. The Bertz CT molecular complexity index is 642. The molecule has 0 bridgehead atoms. The zero-order valence-electron chi connectivity index (χ0n) is 12.3. The SMILES string of the molecule is N[C@@H](C[SeH])C(=O)OC[C@H]1O[C@@H](n2ccc(NO)nc2=O)[C@H](O)[C@@H]1O. The fourth-order valence-electron chi connectivity index (χ4n) is 2.11. The van der Waals surface area contributed by atoms with Gasteiger partial charge in [-0.1, -0.05) is 0 Å². The van der Waals surface area contributed by atoms with Crippen molar-refractivity contribution in [2.75, 3.05) is 12.1 Å². The predicted octanol–water partition coefficient (Wildman–Crippen LogP) is -3.15. The van der Waals surface area contributed by atoms with Crippen molar-refractivity contribution < 1.29 is 29.7 Å². The Kier molecular flexibility index (Phi) is 6.29. The maximum absolute atomic E-state index is 11.9. The van der Waals surface area contributed by atoms with E-state index < -0.39 is 42.2 Å². The summed E-state index contributed by atoms with van der Waals surface area (Å²) < 4.78 is 11.3. The fraction of sp³-hybridized carbons (Fsp3) is 0.583. The molecule has 0 radical (unpaired) electrons. The van der Waals surface area contributed by atoms with E-state index >= 15 is 0 Å². The number of nitrogens with one attached hydrogen (secondary N) is 1. The van der Waals surface area contributed by atoms with Gasteiger partial charge in [0.25, 0.3) is 0 Å². The zero-order chi connectivity index (χ0) is 17.9. The number of aliphatic hydroxyl groups excluding tert-OH is 2. The number of carbonyl (C=O) groups excluding carboxylic acids is 1. The normalized spacial score (nSPS) is 27.7. The molecule has 134 valence electrons. The van der Waals surface area contributed by atoms with Crippen LogP contribution in [-0.4, -0.2) is 77.9 Å². The van der Waals surface area contributed by atoms with Gasteiger partial charge in [0.05, 0.1) is 0 Å². The van der Waals surface area contributed by atoms with Crippen LogP contribution in [0.2, 0.25) is 5.32 Å². The van der Waals surface area contributed by atoms with E-state index in [1.807, 2.05) is 0 Å². The van der Waals surface area contributed by atoms with Gasteiger partial charge in [-0.25, -0.2) is 0 Å². The summed E-state index contributed by atoms with van der Waals surface area (Å²) in [5.41, 5.74) is 6.41. The molecule has 2 rings (SSSR count). The molecule has 0 aliphatic carbocycles. The van der Waals surface area contributed by atoms with Gasteiger partial charge in [0.15, 0.2) is 0 Å². The fourth-order valence-corrected chi connectivity index (χ4v) is 2.42. The third kappa shape index (κ3) is 3.92. The first-order valence-electron chi connectivity index (χ1n) is 6.93. The first-order chi connectivity index (χ1) is 11.4. The molecule has 1 aromatic heterocycles. The van der Waals surface area contributed by atoms with Gasteiger partial charge in [0.2, 0.25) is 0 Å². The summed E-state index contributed by atoms with van der Waals surface area (Å²) in [5, 5.41) is 29.1. The van der Waals surface area contributed by atoms with Gasteiger partial charge in [-0.2, -0.15) is 0 Å². The molecule has 0 aromatic carbocycles. The Morgan fingerprint density at radius 3 is 2.83 bits per heavy atom. The number of anilines is 1. The second-order valence-electron chi connectivity index (χ2n) is 5.08. The molecule has 11 nitrogen and oxygen atoms in total. The molecule has 1 saturated heterocycles. The number of nitrogens with zero attached hydrogens (tertiary/aromatic N) is 2. The molecule has 12 heteroatoms. The van der Waals surface area contributed by atoms with E-state index in [0.29, 0.717) is 5.32 Å². The van der Waals surface area contributed by atoms with E-state index in [0.717, 1.165) is 4.57 Å². The number of hydrogen-bond donors (Lipinski definition) is 5. The molecule has 2 heterocycles. The van der Waals surface area contributed by atoms with Gasteiger partial charge in [0.1, 0.15) is 0 Å². The van der Waals surface area contributed by atoms with E-state index in [4.69, 9.17) is 20.4 Å². The summed E-state index contributed by atoms with van der Waals surface area (Å²) >= 11 is 2.16. The number of nitrogens with two attached hydrogens (primary N) is 1. The Hall–Kier alpha value is -1.53. The molecule has 0 spiro atoms. The van der Waals surface area contributed by atoms with Crippen LogP contribution in [-0.2, 0) is 14.3 Å². The molecule has 1 fully saturated rings. The molecule has 24 heavy (non-hydrogen) atoms. The zero-order valence-corrected chi connectivity index (χ0v) is 14.2. The Labute approximate surface area is 144 Å². The van der Waals surface area contributed by atoms with Crippen molar-refractivity contribution in [1.29, 1.82) is 0 Å². The van der Waals surface area contributed by atoms with E-state index in [-0.39, 0.29) is 12.4 Å². The number of ether oxygens (including phenoxy) is 2. The minimum atomic E-state index is -1.43. The van der Waals surface area contributed by atoms with Crippen molar-refractivity contribution in [3.8, 4) is 0 Å². The van der Waals surface area contributed by atoms with Crippen LogP contribution >= 0.6 is 0 Å². The molecule has 5 atom stereocenters. The number of hydrogen-bond acceptors (Lipinski definition) is 10. The van der Waals surface area contributed by atoms with E-state index in [9.17, 15) is 19.8 Å². The van der Waals surface area contributed by atoms with Crippen LogP contribution in [0.15, 0.2) is 17.1 Å². The predicted molar refractivity (Wildman–Crippen MR) is 80.7 cm³/mol. The number of aromatic nitrogens is 2. The van der Waals surface area contributed by atoms with Crippen molar-refractivity contribution in [3.05, 3.63) is 22.7 Å². The van der Waals surface area contributed by atoms with Crippen molar-refractivity contribution >= 4 is 27.8 Å². The molecule has 0 amide bonds. The van der Waals surface area contributed by atoms with E-state index in [2.05, 4.69) is 21.0 Å². The summed E-state index contributed by atoms with van der Waals surface area (Å²) in [5.74, 6) is -0.747. The van der Waals surface area contributed by atoms with Gasteiger partial charge in [-0.3, -0.25) is 10.7 Å². The quantitative estimate of drug-likeness (QED) is 0.184. The molecular formula is C12H18N4O7Se. The second kappa shape index (κ2) is 8.03. The van der Waals surface area contributed by atoms with Crippen LogP contribution in [0.25, 0.3) is 0 Å². The topological polar surface area (TPSA) is 169 Å². The van der Waals surface area contributed by atoms with Gasteiger partial charge >= 0.3 is 133 Å². The third-order valence-electron chi connectivity index (χ3n) is 3.45. The number of esters is 1. The van der Waals surface area contributed by atoms with Crippen LogP contribution in [0.1, 0.15) is 6.23 Å².